The minimum atomic E-state index is 0.123. The highest BCUT2D eigenvalue weighted by Gasteiger charge is 2.42. The maximum atomic E-state index is 12.6. The number of carbonyl (C=O) groups excluding carboxylic acids is 1. The molecule has 32 heavy (non-hydrogen) atoms. The van der Waals surface area contributed by atoms with E-state index in [1.807, 2.05) is 0 Å². The topological polar surface area (TPSA) is 66.9 Å². The molecule has 0 saturated heterocycles. The molecule has 2 aliphatic rings. The van der Waals surface area contributed by atoms with Gasteiger partial charge in [0.15, 0.2) is 0 Å². The average molecular weight is 449 g/mol. The molecule has 2 bridgehead atoms. The lowest BCUT2D eigenvalue weighted by atomic mass is 9.84. The fourth-order valence-corrected chi connectivity index (χ4v) is 6.89. The third-order valence-corrected chi connectivity index (χ3v) is 8.49. The minimum absolute atomic E-state index is 0.123. The van der Waals surface area contributed by atoms with Gasteiger partial charge in [-0.3, -0.25) is 4.79 Å². The fourth-order valence-electron chi connectivity index (χ4n) is 5.88. The number of carbonyl (C=O) groups is 1. The van der Waals surface area contributed by atoms with Crippen molar-refractivity contribution >= 4 is 33.3 Å². The van der Waals surface area contributed by atoms with Gasteiger partial charge in [-0.25, -0.2) is 9.97 Å². The summed E-state index contributed by atoms with van der Waals surface area (Å²) in [5, 5.41) is 7.74. The van der Waals surface area contributed by atoms with Crippen molar-refractivity contribution in [3.8, 4) is 11.1 Å². The molecule has 168 valence electrons. The Morgan fingerprint density at radius 3 is 2.69 bits per heavy atom. The minimum Gasteiger partial charge on any atom is -0.369 e. The monoisotopic (exact) mass is 448 g/mol. The molecular formula is C26H32N4OS. The predicted molar refractivity (Wildman–Crippen MR) is 132 cm³/mol. The Morgan fingerprint density at radius 2 is 1.97 bits per heavy atom. The zero-order valence-corrected chi connectivity index (χ0v) is 20.0. The number of fused-ring (bicyclic) bond motifs is 3. The van der Waals surface area contributed by atoms with E-state index in [-0.39, 0.29) is 11.9 Å². The number of hydrogen-bond donors (Lipinski definition) is 2. The Kier molecular flexibility index (Phi) is 5.89. The molecule has 6 heteroatoms. The lowest BCUT2D eigenvalue weighted by molar-refractivity contribution is -0.121. The van der Waals surface area contributed by atoms with Crippen molar-refractivity contribution in [3.05, 3.63) is 41.0 Å². The predicted octanol–water partition coefficient (Wildman–Crippen LogP) is 5.72. The van der Waals surface area contributed by atoms with Gasteiger partial charge in [0.05, 0.1) is 5.39 Å². The number of thiophene rings is 1. The lowest BCUT2D eigenvalue weighted by Gasteiger charge is -2.28. The number of nitrogens with zero attached hydrogens (tertiary/aromatic N) is 2. The van der Waals surface area contributed by atoms with Gasteiger partial charge in [0.25, 0.3) is 0 Å². The quantitative estimate of drug-likeness (QED) is 0.485. The number of nitrogens with one attached hydrogen (secondary N) is 2. The summed E-state index contributed by atoms with van der Waals surface area (Å²) in [6.07, 6.45) is 7.47. The second kappa shape index (κ2) is 8.81. The van der Waals surface area contributed by atoms with Crippen LogP contribution in [0.1, 0.15) is 49.5 Å². The second-order valence-electron chi connectivity index (χ2n) is 9.67. The van der Waals surface area contributed by atoms with Crippen molar-refractivity contribution in [1.82, 2.24) is 15.3 Å². The van der Waals surface area contributed by atoms with E-state index < -0.39 is 0 Å². The Balaban J connectivity index is 1.25. The lowest BCUT2D eigenvalue weighted by Crippen LogP contribution is -2.40. The van der Waals surface area contributed by atoms with Crippen LogP contribution in [-0.4, -0.2) is 28.5 Å². The second-order valence-corrected chi connectivity index (χ2v) is 10.9. The number of rotatable bonds is 7. The highest BCUT2D eigenvalue weighted by atomic mass is 32.1. The third kappa shape index (κ3) is 4.13. The van der Waals surface area contributed by atoms with Crippen molar-refractivity contribution in [2.45, 2.75) is 58.9 Å². The molecule has 2 N–H and O–H groups in total. The van der Waals surface area contributed by atoms with Gasteiger partial charge in [0, 0.05) is 29.4 Å². The standard InChI is InChI=1S/C26H32N4OS/c1-15-4-7-19(8-5-15)23-17(3)32-26-24(23)25(28-14-29-26)27-11-10-22(31)30-16(2)21-13-18-6-9-20(21)12-18/h4-5,7-8,14,16,18,20-21H,6,9-13H2,1-3H3,(H,30,31)(H,27,28,29). The van der Waals surface area contributed by atoms with Gasteiger partial charge in [-0.1, -0.05) is 36.2 Å². The summed E-state index contributed by atoms with van der Waals surface area (Å²) in [7, 11) is 0. The third-order valence-electron chi connectivity index (χ3n) is 7.47. The van der Waals surface area contributed by atoms with Crippen LogP contribution in [0.3, 0.4) is 0 Å². The molecule has 0 radical (unpaired) electrons. The van der Waals surface area contributed by atoms with Crippen LogP contribution < -0.4 is 10.6 Å². The molecule has 2 saturated carbocycles. The van der Waals surface area contributed by atoms with Crippen LogP contribution in [0.25, 0.3) is 21.3 Å². The van der Waals surface area contributed by atoms with Crippen molar-refractivity contribution < 1.29 is 4.79 Å². The van der Waals surface area contributed by atoms with E-state index in [2.05, 4.69) is 65.6 Å². The zero-order valence-electron chi connectivity index (χ0n) is 19.1. The number of hydrogen-bond acceptors (Lipinski definition) is 5. The van der Waals surface area contributed by atoms with Crippen LogP contribution in [0, 0.1) is 31.6 Å². The largest absolute Gasteiger partial charge is 0.369 e. The Labute approximate surface area is 194 Å². The molecule has 5 nitrogen and oxygen atoms in total. The van der Waals surface area contributed by atoms with Crippen LogP contribution in [0.5, 0.6) is 0 Å². The van der Waals surface area contributed by atoms with E-state index >= 15 is 0 Å². The fraction of sp³-hybridized carbons (Fsp3) is 0.500. The van der Waals surface area contributed by atoms with Crippen LogP contribution in [0.15, 0.2) is 30.6 Å². The molecule has 2 aromatic heterocycles. The van der Waals surface area contributed by atoms with Crippen molar-refractivity contribution in [3.63, 3.8) is 0 Å². The van der Waals surface area contributed by atoms with E-state index in [0.29, 0.717) is 18.9 Å². The van der Waals surface area contributed by atoms with Crippen molar-refractivity contribution in [2.24, 2.45) is 17.8 Å². The van der Waals surface area contributed by atoms with Gasteiger partial charge in [-0.05, 0) is 63.4 Å². The number of aromatic nitrogens is 2. The molecule has 2 fully saturated rings. The molecule has 3 aromatic rings. The summed E-state index contributed by atoms with van der Waals surface area (Å²) >= 11 is 1.69. The number of anilines is 1. The van der Waals surface area contributed by atoms with Crippen molar-refractivity contribution in [2.75, 3.05) is 11.9 Å². The SMILES string of the molecule is Cc1ccc(-c2c(C)sc3ncnc(NCCC(=O)NC(C)C4CC5CCC4C5)c23)cc1. The first-order valence-corrected chi connectivity index (χ1v) is 12.7. The first-order valence-electron chi connectivity index (χ1n) is 11.8. The average Bonchev–Trinajstić information content (AvgIpc) is 3.48. The van der Waals surface area contributed by atoms with E-state index in [1.54, 1.807) is 17.7 Å². The maximum absolute atomic E-state index is 12.6. The summed E-state index contributed by atoms with van der Waals surface area (Å²) in [6.45, 7) is 6.98. The molecular weight excluding hydrogens is 416 g/mol. The molecule has 5 rings (SSSR count). The van der Waals surface area contributed by atoms with Crippen LogP contribution in [0.2, 0.25) is 0 Å². The normalized spacial score (nSPS) is 22.9. The Morgan fingerprint density at radius 1 is 1.16 bits per heavy atom. The maximum Gasteiger partial charge on any atom is 0.221 e. The number of amides is 1. The van der Waals surface area contributed by atoms with E-state index in [1.165, 1.54) is 47.3 Å². The van der Waals surface area contributed by atoms with Gasteiger partial charge < -0.3 is 10.6 Å². The van der Waals surface area contributed by atoms with Gasteiger partial charge in [-0.2, -0.15) is 0 Å². The molecule has 0 aliphatic heterocycles. The van der Waals surface area contributed by atoms with Gasteiger partial charge in [-0.15, -0.1) is 11.3 Å². The number of aryl methyl sites for hydroxylation is 2. The van der Waals surface area contributed by atoms with Crippen LogP contribution in [0.4, 0.5) is 5.82 Å². The summed E-state index contributed by atoms with van der Waals surface area (Å²) in [4.78, 5) is 23.8. The van der Waals surface area contributed by atoms with Gasteiger partial charge in [0.1, 0.15) is 17.0 Å². The first kappa shape index (κ1) is 21.4. The molecule has 4 atom stereocenters. The van der Waals surface area contributed by atoms with Crippen LogP contribution in [-0.2, 0) is 4.79 Å². The van der Waals surface area contributed by atoms with Crippen molar-refractivity contribution in [1.29, 1.82) is 0 Å². The zero-order chi connectivity index (χ0) is 22.2. The summed E-state index contributed by atoms with van der Waals surface area (Å²) in [6, 6.07) is 8.86. The molecule has 0 spiro atoms. The van der Waals surface area contributed by atoms with E-state index in [9.17, 15) is 4.79 Å². The molecule has 4 unspecified atom stereocenters. The van der Waals surface area contributed by atoms with Gasteiger partial charge >= 0.3 is 0 Å². The highest BCUT2D eigenvalue weighted by Crippen LogP contribution is 2.49. The molecule has 2 heterocycles. The Bertz CT molecular complexity index is 1120. The smallest absolute Gasteiger partial charge is 0.221 e. The van der Waals surface area contributed by atoms with Crippen LogP contribution >= 0.6 is 11.3 Å². The highest BCUT2D eigenvalue weighted by molar-refractivity contribution is 7.19. The van der Waals surface area contributed by atoms with E-state index in [4.69, 9.17) is 0 Å². The first-order chi connectivity index (χ1) is 15.5. The summed E-state index contributed by atoms with van der Waals surface area (Å²) in [5.41, 5.74) is 3.60. The summed E-state index contributed by atoms with van der Waals surface area (Å²) < 4.78 is 0. The molecule has 2 aliphatic carbocycles. The summed E-state index contributed by atoms with van der Waals surface area (Å²) in [5.74, 6) is 3.33. The number of benzene rings is 1. The van der Waals surface area contributed by atoms with Gasteiger partial charge in [0.2, 0.25) is 5.91 Å². The van der Waals surface area contributed by atoms with E-state index in [0.717, 1.165) is 27.9 Å². The molecule has 1 amide bonds. The molecule has 1 aromatic carbocycles. The Hall–Kier alpha value is -2.47.